The molecule has 1 heterocycles. The van der Waals surface area contributed by atoms with Gasteiger partial charge in [0.05, 0.1) is 0 Å². The van der Waals surface area contributed by atoms with Crippen molar-refractivity contribution < 1.29 is 18.8 Å². The summed E-state index contributed by atoms with van der Waals surface area (Å²) in [6.07, 6.45) is 0.116. The Morgan fingerprint density at radius 3 is 2.68 bits per heavy atom. The highest BCUT2D eigenvalue weighted by Gasteiger charge is 2.33. The van der Waals surface area contributed by atoms with Crippen molar-refractivity contribution in [2.24, 2.45) is 0 Å². The van der Waals surface area contributed by atoms with Crippen LogP contribution in [-0.2, 0) is 14.4 Å². The lowest BCUT2D eigenvalue weighted by atomic mass is 10.0. The van der Waals surface area contributed by atoms with Gasteiger partial charge < -0.3 is 15.5 Å². The number of halogens is 1. The first-order chi connectivity index (χ1) is 10.5. The fourth-order valence-electron chi connectivity index (χ4n) is 2.40. The molecule has 0 aliphatic carbocycles. The number of benzene rings is 1. The molecule has 1 aliphatic heterocycles. The van der Waals surface area contributed by atoms with Crippen LogP contribution in [0.1, 0.15) is 24.9 Å². The Hall–Kier alpha value is -2.44. The maximum absolute atomic E-state index is 13.0. The molecule has 1 saturated heterocycles. The molecule has 2 N–H and O–H groups in total. The highest BCUT2D eigenvalue weighted by molar-refractivity contribution is 5.90. The summed E-state index contributed by atoms with van der Waals surface area (Å²) in [7, 11) is 0. The Balaban J connectivity index is 2.12. The summed E-state index contributed by atoms with van der Waals surface area (Å²) < 4.78 is 13.0. The van der Waals surface area contributed by atoms with E-state index in [1.807, 2.05) is 0 Å². The van der Waals surface area contributed by atoms with Gasteiger partial charge in [-0.1, -0.05) is 12.1 Å². The van der Waals surface area contributed by atoms with Gasteiger partial charge in [-0.05, 0) is 17.7 Å². The van der Waals surface area contributed by atoms with Crippen LogP contribution in [0.2, 0.25) is 0 Å². The molecule has 7 heteroatoms. The van der Waals surface area contributed by atoms with Crippen LogP contribution in [0.25, 0.3) is 0 Å². The van der Waals surface area contributed by atoms with Gasteiger partial charge in [0.15, 0.2) is 0 Å². The molecule has 1 unspecified atom stereocenters. The van der Waals surface area contributed by atoms with Crippen LogP contribution < -0.4 is 10.6 Å². The summed E-state index contributed by atoms with van der Waals surface area (Å²) >= 11 is 0. The molecule has 6 nitrogen and oxygen atoms in total. The molecule has 2 rings (SSSR count). The van der Waals surface area contributed by atoms with E-state index >= 15 is 0 Å². The number of carbonyl (C=O) groups is 3. The van der Waals surface area contributed by atoms with Crippen molar-refractivity contribution in [1.29, 1.82) is 0 Å². The van der Waals surface area contributed by atoms with Gasteiger partial charge in [0.25, 0.3) is 0 Å². The van der Waals surface area contributed by atoms with E-state index in [0.717, 1.165) is 0 Å². The summed E-state index contributed by atoms with van der Waals surface area (Å²) in [5.41, 5.74) is 0.562. The van der Waals surface area contributed by atoms with Crippen molar-refractivity contribution in [3.8, 4) is 0 Å². The lowest BCUT2D eigenvalue weighted by molar-refractivity contribution is -0.143. The minimum Gasteiger partial charge on any atom is -0.356 e. The van der Waals surface area contributed by atoms with Crippen LogP contribution in [0, 0.1) is 5.82 Å². The molecule has 3 amide bonds. The zero-order valence-electron chi connectivity index (χ0n) is 12.3. The van der Waals surface area contributed by atoms with Gasteiger partial charge in [-0.3, -0.25) is 14.4 Å². The van der Waals surface area contributed by atoms with Crippen LogP contribution in [0.5, 0.6) is 0 Å². The maximum atomic E-state index is 13.0. The molecule has 0 spiro atoms. The first kappa shape index (κ1) is 15.9. The number of carbonyl (C=O) groups excluding carboxylic acids is 3. The predicted molar refractivity (Wildman–Crippen MR) is 77.2 cm³/mol. The van der Waals surface area contributed by atoms with Crippen molar-refractivity contribution in [2.45, 2.75) is 19.4 Å². The topological polar surface area (TPSA) is 78.5 Å². The van der Waals surface area contributed by atoms with E-state index in [4.69, 9.17) is 0 Å². The van der Waals surface area contributed by atoms with Gasteiger partial charge in [0.2, 0.25) is 17.7 Å². The molecule has 1 atom stereocenters. The summed E-state index contributed by atoms with van der Waals surface area (Å²) in [6, 6.07) is 4.76. The van der Waals surface area contributed by atoms with E-state index in [1.165, 1.54) is 36.1 Å². The molecule has 22 heavy (non-hydrogen) atoms. The molecule has 0 aromatic heterocycles. The number of hydrogen-bond acceptors (Lipinski definition) is 3. The SMILES string of the molecule is CC(=O)NCCC(=O)N1CCNC(=O)C1c1ccc(F)cc1. The van der Waals surface area contributed by atoms with Crippen molar-refractivity contribution in [1.82, 2.24) is 15.5 Å². The zero-order valence-corrected chi connectivity index (χ0v) is 12.3. The van der Waals surface area contributed by atoms with E-state index in [1.54, 1.807) is 0 Å². The van der Waals surface area contributed by atoms with Crippen molar-refractivity contribution >= 4 is 17.7 Å². The Labute approximate surface area is 127 Å². The smallest absolute Gasteiger partial charge is 0.247 e. The number of amides is 3. The predicted octanol–water partition coefficient (Wildman–Crippen LogP) is 0.351. The normalized spacial score (nSPS) is 17.8. The highest BCUT2D eigenvalue weighted by atomic mass is 19.1. The Morgan fingerprint density at radius 2 is 2.05 bits per heavy atom. The van der Waals surface area contributed by atoms with Gasteiger partial charge in [-0.25, -0.2) is 4.39 Å². The number of nitrogens with zero attached hydrogens (tertiary/aromatic N) is 1. The van der Waals surface area contributed by atoms with Crippen LogP contribution in [0.15, 0.2) is 24.3 Å². The lowest BCUT2D eigenvalue weighted by Crippen LogP contribution is -2.52. The van der Waals surface area contributed by atoms with Crippen molar-refractivity contribution in [3.05, 3.63) is 35.6 Å². The summed E-state index contributed by atoms with van der Waals surface area (Å²) in [5.74, 6) is -1.12. The molecule has 0 saturated carbocycles. The van der Waals surface area contributed by atoms with E-state index in [2.05, 4.69) is 10.6 Å². The first-order valence-electron chi connectivity index (χ1n) is 7.06. The van der Waals surface area contributed by atoms with Gasteiger partial charge in [0, 0.05) is 33.0 Å². The van der Waals surface area contributed by atoms with Crippen molar-refractivity contribution in [3.63, 3.8) is 0 Å². The monoisotopic (exact) mass is 307 g/mol. The van der Waals surface area contributed by atoms with Gasteiger partial charge in [0.1, 0.15) is 11.9 Å². The second kappa shape index (κ2) is 7.02. The van der Waals surface area contributed by atoms with Crippen LogP contribution in [0.4, 0.5) is 4.39 Å². The van der Waals surface area contributed by atoms with E-state index in [9.17, 15) is 18.8 Å². The zero-order chi connectivity index (χ0) is 16.1. The van der Waals surface area contributed by atoms with E-state index in [0.29, 0.717) is 18.7 Å². The molecular weight excluding hydrogens is 289 g/mol. The number of rotatable bonds is 4. The standard InChI is InChI=1S/C15H18FN3O3/c1-10(20)17-7-6-13(21)19-9-8-18-15(22)14(19)11-2-4-12(16)5-3-11/h2-5,14H,6-9H2,1H3,(H,17,20)(H,18,22). The Kier molecular flexibility index (Phi) is 5.08. The third-order valence-corrected chi connectivity index (χ3v) is 3.43. The second-order valence-corrected chi connectivity index (χ2v) is 5.07. The average Bonchev–Trinajstić information content (AvgIpc) is 2.47. The summed E-state index contributed by atoms with van der Waals surface area (Å²) in [6.45, 7) is 2.36. The molecule has 1 fully saturated rings. The van der Waals surface area contributed by atoms with E-state index in [-0.39, 0.29) is 30.7 Å². The molecular formula is C15H18FN3O3. The van der Waals surface area contributed by atoms with Crippen molar-refractivity contribution in [2.75, 3.05) is 19.6 Å². The molecule has 1 aromatic carbocycles. The van der Waals surface area contributed by atoms with Crippen LogP contribution in [-0.4, -0.2) is 42.3 Å². The Morgan fingerprint density at radius 1 is 1.36 bits per heavy atom. The molecule has 118 valence electrons. The molecule has 0 bridgehead atoms. The second-order valence-electron chi connectivity index (χ2n) is 5.07. The lowest BCUT2D eigenvalue weighted by Gasteiger charge is -2.35. The first-order valence-corrected chi connectivity index (χ1v) is 7.06. The third kappa shape index (κ3) is 3.81. The molecule has 1 aliphatic rings. The highest BCUT2D eigenvalue weighted by Crippen LogP contribution is 2.24. The van der Waals surface area contributed by atoms with Gasteiger partial charge in [-0.15, -0.1) is 0 Å². The van der Waals surface area contributed by atoms with Crippen LogP contribution in [0.3, 0.4) is 0 Å². The van der Waals surface area contributed by atoms with Gasteiger partial charge >= 0.3 is 0 Å². The minimum atomic E-state index is -0.765. The maximum Gasteiger partial charge on any atom is 0.247 e. The summed E-state index contributed by atoms with van der Waals surface area (Å²) in [5, 5.41) is 5.26. The van der Waals surface area contributed by atoms with E-state index < -0.39 is 11.9 Å². The third-order valence-electron chi connectivity index (χ3n) is 3.43. The average molecular weight is 307 g/mol. The fourth-order valence-corrected chi connectivity index (χ4v) is 2.40. The number of hydrogen-bond donors (Lipinski definition) is 2. The number of nitrogens with one attached hydrogen (secondary N) is 2. The summed E-state index contributed by atoms with van der Waals surface area (Å²) in [4.78, 5) is 36.7. The Bertz CT molecular complexity index is 574. The van der Waals surface area contributed by atoms with Crippen LogP contribution >= 0.6 is 0 Å². The van der Waals surface area contributed by atoms with Gasteiger partial charge in [-0.2, -0.15) is 0 Å². The molecule has 0 radical (unpaired) electrons. The minimum absolute atomic E-state index is 0.116. The quantitative estimate of drug-likeness (QED) is 0.842. The molecule has 1 aromatic rings. The number of piperazine rings is 1. The largest absolute Gasteiger partial charge is 0.356 e. The fraction of sp³-hybridized carbons (Fsp3) is 0.400.